The van der Waals surface area contributed by atoms with Crippen LogP contribution in [0.5, 0.6) is 5.75 Å². The van der Waals surface area contributed by atoms with Crippen molar-refractivity contribution >= 4 is 29.3 Å². The van der Waals surface area contributed by atoms with E-state index in [1.807, 2.05) is 87.7 Å². The molecular weight excluding hydrogens is 462 g/mol. The Bertz CT molecular complexity index is 1130. The van der Waals surface area contributed by atoms with Gasteiger partial charge in [0.1, 0.15) is 5.75 Å². The molecule has 3 rings (SSSR count). The Hall–Kier alpha value is -3.33. The van der Waals surface area contributed by atoms with Gasteiger partial charge in [0.25, 0.3) is 5.91 Å². The molecule has 0 aliphatic carbocycles. The largest absolute Gasteiger partial charge is 0.494 e. The summed E-state index contributed by atoms with van der Waals surface area (Å²) in [7, 11) is 0. The number of ether oxygens (including phenoxy) is 1. The Kier molecular flexibility index (Phi) is 9.31. The molecule has 1 atom stereocenters. The van der Waals surface area contributed by atoms with Gasteiger partial charge in [-0.2, -0.15) is 0 Å². The zero-order valence-corrected chi connectivity index (χ0v) is 21.7. The monoisotopic (exact) mass is 495 g/mol. The van der Waals surface area contributed by atoms with E-state index in [0.717, 1.165) is 11.3 Å². The second-order valence-corrected chi connectivity index (χ2v) is 9.38. The van der Waals surface area contributed by atoms with Gasteiger partial charge in [0.05, 0.1) is 18.4 Å². The van der Waals surface area contributed by atoms with Crippen LogP contribution in [0.2, 0.25) is 0 Å². The number of anilines is 1. The van der Waals surface area contributed by atoms with Gasteiger partial charge in [-0.15, -0.1) is 10.2 Å². The van der Waals surface area contributed by atoms with Crippen molar-refractivity contribution < 1.29 is 14.3 Å². The Balaban J connectivity index is 1.66. The molecule has 2 N–H and O–H groups in total. The molecule has 186 valence electrons. The lowest BCUT2D eigenvalue weighted by molar-refractivity contribution is -0.113. The van der Waals surface area contributed by atoms with Gasteiger partial charge in [-0.1, -0.05) is 43.3 Å². The number of amides is 2. The molecule has 0 bridgehead atoms. The highest BCUT2D eigenvalue weighted by Crippen LogP contribution is 2.26. The molecule has 0 fully saturated rings. The van der Waals surface area contributed by atoms with Gasteiger partial charge in [0, 0.05) is 17.8 Å². The van der Waals surface area contributed by atoms with Crippen LogP contribution < -0.4 is 15.4 Å². The first-order chi connectivity index (χ1) is 16.8. The molecule has 0 unspecified atom stereocenters. The fourth-order valence-corrected chi connectivity index (χ4v) is 4.33. The molecule has 2 aromatic carbocycles. The number of benzene rings is 2. The summed E-state index contributed by atoms with van der Waals surface area (Å²) in [6, 6.07) is 14.4. The molecule has 8 nitrogen and oxygen atoms in total. The van der Waals surface area contributed by atoms with Crippen molar-refractivity contribution in [3.63, 3.8) is 0 Å². The second-order valence-electron chi connectivity index (χ2n) is 8.44. The Labute approximate surface area is 210 Å². The van der Waals surface area contributed by atoms with Crippen LogP contribution in [-0.2, 0) is 11.3 Å². The van der Waals surface area contributed by atoms with Crippen LogP contribution >= 0.6 is 11.8 Å². The third-order valence-electron chi connectivity index (χ3n) is 5.39. The van der Waals surface area contributed by atoms with E-state index in [-0.39, 0.29) is 29.5 Å². The quantitative estimate of drug-likeness (QED) is 0.369. The van der Waals surface area contributed by atoms with Crippen LogP contribution in [0, 0.1) is 12.8 Å². The summed E-state index contributed by atoms with van der Waals surface area (Å²) in [4.78, 5) is 25.4. The van der Waals surface area contributed by atoms with Gasteiger partial charge in [0.15, 0.2) is 11.0 Å². The normalized spacial score (nSPS) is 11.8. The number of hydrogen-bond acceptors (Lipinski definition) is 6. The number of carbonyl (C=O) groups excluding carboxylic acids is 2. The predicted octanol–water partition coefficient (Wildman–Crippen LogP) is 4.86. The zero-order valence-electron chi connectivity index (χ0n) is 20.9. The fourth-order valence-electron chi connectivity index (χ4n) is 3.52. The first-order valence-corrected chi connectivity index (χ1v) is 12.8. The standard InChI is InChI=1S/C26H33N5O3S/c1-6-31-24(23(17(3)4)28-25(33)19-10-8-18(5)9-11-19)29-30-26(31)35-16-22(32)27-20-12-14-21(15-13-20)34-7-2/h8-15,17,23H,6-7,16H2,1-5H3,(H,27,32)(H,28,33)/t23-/m1/s1. The van der Waals surface area contributed by atoms with E-state index in [9.17, 15) is 9.59 Å². The predicted molar refractivity (Wildman–Crippen MR) is 139 cm³/mol. The average molecular weight is 496 g/mol. The van der Waals surface area contributed by atoms with Crippen molar-refractivity contribution in [1.29, 1.82) is 0 Å². The van der Waals surface area contributed by atoms with Gasteiger partial charge >= 0.3 is 0 Å². The lowest BCUT2D eigenvalue weighted by Crippen LogP contribution is -2.33. The third-order valence-corrected chi connectivity index (χ3v) is 6.36. The van der Waals surface area contributed by atoms with Crippen molar-refractivity contribution in [3.8, 4) is 5.75 Å². The number of nitrogens with one attached hydrogen (secondary N) is 2. The number of carbonyl (C=O) groups is 2. The smallest absolute Gasteiger partial charge is 0.251 e. The minimum atomic E-state index is -0.316. The van der Waals surface area contributed by atoms with Crippen molar-refractivity contribution in [3.05, 3.63) is 65.5 Å². The van der Waals surface area contributed by atoms with E-state index >= 15 is 0 Å². The molecule has 9 heteroatoms. The third kappa shape index (κ3) is 7.08. The maximum atomic E-state index is 12.9. The number of aromatic nitrogens is 3. The van der Waals surface area contributed by atoms with E-state index in [2.05, 4.69) is 20.8 Å². The molecule has 0 radical (unpaired) electrons. The van der Waals surface area contributed by atoms with Gasteiger partial charge < -0.3 is 19.9 Å². The number of hydrogen-bond donors (Lipinski definition) is 2. The van der Waals surface area contributed by atoms with Crippen molar-refractivity contribution in [2.75, 3.05) is 17.7 Å². The SMILES string of the molecule is CCOc1ccc(NC(=O)CSc2nnc([C@H](NC(=O)c3ccc(C)cc3)C(C)C)n2CC)cc1. The Morgan fingerprint density at radius 3 is 2.31 bits per heavy atom. The molecule has 0 aliphatic rings. The second kappa shape index (κ2) is 12.4. The number of aryl methyl sites for hydroxylation is 1. The molecule has 0 spiro atoms. The number of rotatable bonds is 11. The van der Waals surface area contributed by atoms with Crippen LogP contribution in [0.1, 0.15) is 55.5 Å². The van der Waals surface area contributed by atoms with Gasteiger partial charge in [0.2, 0.25) is 5.91 Å². The zero-order chi connectivity index (χ0) is 25.4. The minimum Gasteiger partial charge on any atom is -0.494 e. The van der Waals surface area contributed by atoms with Crippen LogP contribution in [0.3, 0.4) is 0 Å². The van der Waals surface area contributed by atoms with Crippen LogP contribution in [0.15, 0.2) is 53.7 Å². The molecule has 3 aromatic rings. The van der Waals surface area contributed by atoms with E-state index in [0.29, 0.717) is 35.4 Å². The molecule has 1 aromatic heterocycles. The highest BCUT2D eigenvalue weighted by atomic mass is 32.2. The van der Waals surface area contributed by atoms with Crippen LogP contribution in [-0.4, -0.2) is 38.9 Å². The highest BCUT2D eigenvalue weighted by Gasteiger charge is 2.26. The maximum Gasteiger partial charge on any atom is 0.251 e. The van der Waals surface area contributed by atoms with E-state index < -0.39 is 0 Å². The van der Waals surface area contributed by atoms with Crippen LogP contribution in [0.25, 0.3) is 0 Å². The molecule has 2 amide bonds. The van der Waals surface area contributed by atoms with Crippen molar-refractivity contribution in [1.82, 2.24) is 20.1 Å². The first kappa shape index (κ1) is 26.3. The minimum absolute atomic E-state index is 0.0970. The van der Waals surface area contributed by atoms with E-state index in [1.54, 1.807) is 0 Å². The van der Waals surface area contributed by atoms with Gasteiger partial charge in [-0.3, -0.25) is 9.59 Å². The molecule has 0 saturated heterocycles. The summed E-state index contributed by atoms with van der Waals surface area (Å²) in [6.45, 7) is 11.2. The maximum absolute atomic E-state index is 12.9. The average Bonchev–Trinajstić information content (AvgIpc) is 3.25. The lowest BCUT2D eigenvalue weighted by Gasteiger charge is -2.22. The molecular formula is C26H33N5O3S. The molecule has 0 aliphatic heterocycles. The molecule has 35 heavy (non-hydrogen) atoms. The summed E-state index contributed by atoms with van der Waals surface area (Å²) in [5.74, 6) is 1.43. The topological polar surface area (TPSA) is 98.1 Å². The number of nitrogens with zero attached hydrogens (tertiary/aromatic N) is 3. The van der Waals surface area contributed by atoms with E-state index in [1.165, 1.54) is 11.8 Å². The number of thioether (sulfide) groups is 1. The lowest BCUT2D eigenvalue weighted by atomic mass is 10.0. The van der Waals surface area contributed by atoms with Gasteiger partial charge in [-0.05, 0) is 63.1 Å². The van der Waals surface area contributed by atoms with Crippen molar-refractivity contribution in [2.45, 2.75) is 52.4 Å². The van der Waals surface area contributed by atoms with Gasteiger partial charge in [-0.25, -0.2) is 0 Å². The summed E-state index contributed by atoms with van der Waals surface area (Å²) < 4.78 is 7.38. The summed E-state index contributed by atoms with van der Waals surface area (Å²) in [6.07, 6.45) is 0. The highest BCUT2D eigenvalue weighted by molar-refractivity contribution is 7.99. The molecule has 1 heterocycles. The van der Waals surface area contributed by atoms with Crippen LogP contribution in [0.4, 0.5) is 5.69 Å². The fraction of sp³-hybridized carbons (Fsp3) is 0.385. The Morgan fingerprint density at radius 2 is 1.71 bits per heavy atom. The first-order valence-electron chi connectivity index (χ1n) is 11.8. The molecule has 0 saturated carbocycles. The van der Waals surface area contributed by atoms with Crippen molar-refractivity contribution in [2.24, 2.45) is 5.92 Å². The van der Waals surface area contributed by atoms with E-state index in [4.69, 9.17) is 4.74 Å². The summed E-state index contributed by atoms with van der Waals surface area (Å²) in [5.41, 5.74) is 2.40. The summed E-state index contributed by atoms with van der Waals surface area (Å²) >= 11 is 1.32. The summed E-state index contributed by atoms with van der Waals surface area (Å²) in [5, 5.41) is 15.3. The Morgan fingerprint density at radius 1 is 1.03 bits per heavy atom.